The average Bonchev–Trinajstić information content (AvgIpc) is 3.30. The van der Waals surface area contributed by atoms with Crippen LogP contribution in [-0.2, 0) is 47.6 Å². The van der Waals surface area contributed by atoms with Crippen LogP contribution in [-0.4, -0.2) is 133 Å². The zero-order valence-electron chi connectivity index (χ0n) is 41.4. The van der Waals surface area contributed by atoms with E-state index in [4.69, 9.17) is 40.0 Å². The Hall–Kier alpha value is -3.05. The number of ketones is 2. The maximum absolute atomic E-state index is 14.5. The summed E-state index contributed by atoms with van der Waals surface area (Å²) >= 11 is 6.25. The number of rotatable bonds is 10. The molecule has 1 aromatic rings. The van der Waals surface area contributed by atoms with Gasteiger partial charge in [-0.1, -0.05) is 63.1 Å². The Bertz CT molecular complexity index is 1900. The van der Waals surface area contributed by atoms with Gasteiger partial charge in [0.15, 0.2) is 0 Å². The third kappa shape index (κ3) is 13.6. The number of fused-ring (bicyclic) bond motifs is 3. The maximum Gasteiger partial charge on any atom is 0.329 e. The Morgan fingerprint density at radius 1 is 0.925 bits per heavy atom. The molecule has 5 rings (SSSR count). The summed E-state index contributed by atoms with van der Waals surface area (Å²) in [5, 5.41) is 35.5. The van der Waals surface area contributed by atoms with Crippen LogP contribution in [0.2, 0.25) is 5.02 Å². The Balaban J connectivity index is 1.45. The molecule has 1 amide bonds. The minimum absolute atomic E-state index is 0.0194. The standard InChI is InChI=1S/C52H78ClNO13/c1-11-36-19-29(2)18-30(3)22-45(63-9)48-46(64-10)24-33(6)52(61,67-48)49(58)50(59)54-17-13-12-14-39(54)51(60)66-47(34(7)40(55)27-41(36)56)32(5)23-35-15-16-43(44(25-35)62-8)65-28-42(57)37-20-31(4)21-38(53)26-37/h19-21,23,26,30,33-36,39-40,42-48,55,57,61H,11-18,22,24-25,27-28H2,1-10H3. The van der Waals surface area contributed by atoms with Gasteiger partial charge >= 0.3 is 5.97 Å². The molecule has 2 saturated heterocycles. The van der Waals surface area contributed by atoms with Crippen molar-refractivity contribution in [3.05, 3.63) is 57.6 Å². The fraction of sp³-hybridized carbons (Fsp3) is 0.731. The Kier molecular flexibility index (Phi) is 20.2. The summed E-state index contributed by atoms with van der Waals surface area (Å²) in [6.45, 7) is 13.2. The van der Waals surface area contributed by atoms with Gasteiger partial charge in [-0.25, -0.2) is 4.79 Å². The monoisotopic (exact) mass is 960 g/mol. The van der Waals surface area contributed by atoms with E-state index in [-0.39, 0.29) is 62.2 Å². The highest BCUT2D eigenvalue weighted by molar-refractivity contribution is 6.39. The second kappa shape index (κ2) is 24.7. The van der Waals surface area contributed by atoms with Crippen molar-refractivity contribution < 1.29 is 62.9 Å². The van der Waals surface area contributed by atoms with Crippen LogP contribution in [0.4, 0.5) is 0 Å². The van der Waals surface area contributed by atoms with Crippen LogP contribution < -0.4 is 0 Å². The van der Waals surface area contributed by atoms with Crippen molar-refractivity contribution in [3.8, 4) is 0 Å². The quantitative estimate of drug-likeness (QED) is 0.122. The van der Waals surface area contributed by atoms with Crippen molar-refractivity contribution in [1.29, 1.82) is 0 Å². The first-order chi connectivity index (χ1) is 31.7. The van der Waals surface area contributed by atoms with E-state index >= 15 is 0 Å². The molecule has 3 heterocycles. The minimum Gasteiger partial charge on any atom is -0.456 e. The van der Waals surface area contributed by atoms with Gasteiger partial charge in [0.25, 0.3) is 11.7 Å². The van der Waals surface area contributed by atoms with Gasteiger partial charge in [-0.15, -0.1) is 0 Å². The van der Waals surface area contributed by atoms with E-state index in [1.807, 2.05) is 52.0 Å². The lowest BCUT2D eigenvalue weighted by Gasteiger charge is -2.47. The number of esters is 1. The smallest absolute Gasteiger partial charge is 0.329 e. The molecular weight excluding hydrogens is 882 g/mol. The van der Waals surface area contributed by atoms with Gasteiger partial charge in [-0.2, -0.15) is 0 Å². The molecule has 3 aliphatic heterocycles. The van der Waals surface area contributed by atoms with Gasteiger partial charge in [0, 0.05) is 57.1 Å². The van der Waals surface area contributed by atoms with Crippen molar-refractivity contribution >= 4 is 35.0 Å². The number of methoxy groups -OCH3 is 3. The van der Waals surface area contributed by atoms with E-state index in [1.165, 1.54) is 19.1 Å². The molecule has 3 N–H and O–H groups in total. The second-order valence-electron chi connectivity index (χ2n) is 20.0. The Morgan fingerprint density at radius 3 is 2.27 bits per heavy atom. The summed E-state index contributed by atoms with van der Waals surface area (Å²) < 4.78 is 36.6. The number of hydrogen-bond acceptors (Lipinski definition) is 13. The molecule has 2 bridgehead atoms. The number of nitrogens with zero attached hydrogens (tertiary/aromatic N) is 1. The molecule has 15 atom stereocenters. The highest BCUT2D eigenvalue weighted by atomic mass is 35.5. The number of piperidine rings is 1. The van der Waals surface area contributed by atoms with Gasteiger partial charge in [0.1, 0.15) is 30.1 Å². The number of aryl methyl sites for hydroxylation is 1. The molecular formula is C52H78ClNO13. The molecule has 67 heavy (non-hydrogen) atoms. The van der Waals surface area contributed by atoms with E-state index in [0.717, 1.165) is 11.1 Å². The molecule has 15 heteroatoms. The molecule has 1 aromatic carbocycles. The number of benzene rings is 1. The molecule has 376 valence electrons. The number of aliphatic hydroxyl groups excluding tert-OH is 2. The molecule has 14 nitrogen and oxygen atoms in total. The molecule has 1 aliphatic carbocycles. The third-order valence-electron chi connectivity index (χ3n) is 14.8. The number of amides is 1. The van der Waals surface area contributed by atoms with E-state index in [2.05, 4.69) is 6.92 Å². The second-order valence-corrected chi connectivity index (χ2v) is 20.5. The molecule has 15 unspecified atom stereocenters. The summed E-state index contributed by atoms with van der Waals surface area (Å²) in [5.74, 6) is -7.70. The third-order valence-corrected chi connectivity index (χ3v) is 15.0. The highest BCUT2D eigenvalue weighted by Crippen LogP contribution is 2.40. The Labute approximate surface area is 403 Å². The maximum atomic E-state index is 14.5. The minimum atomic E-state index is -2.52. The lowest BCUT2D eigenvalue weighted by Crippen LogP contribution is -2.64. The number of Topliss-reactive ketones (excluding diaryl/α,β-unsaturated/α-hetero) is 2. The summed E-state index contributed by atoms with van der Waals surface area (Å²) in [6.07, 6.45) is 3.07. The molecule has 0 spiro atoms. The topological polar surface area (TPSA) is 188 Å². The van der Waals surface area contributed by atoms with Crippen molar-refractivity contribution in [2.24, 2.45) is 29.6 Å². The van der Waals surface area contributed by atoms with Crippen molar-refractivity contribution in [1.82, 2.24) is 4.90 Å². The van der Waals surface area contributed by atoms with Gasteiger partial charge in [0.05, 0.1) is 37.1 Å². The number of allylic oxidation sites excluding steroid dienone is 3. The number of carbonyl (C=O) groups is 4. The number of carbonyl (C=O) groups excluding carboxylic acids is 4. The lowest BCUT2D eigenvalue weighted by atomic mass is 9.81. The van der Waals surface area contributed by atoms with Crippen LogP contribution >= 0.6 is 11.6 Å². The molecule has 4 aliphatic rings. The highest BCUT2D eigenvalue weighted by Gasteiger charge is 2.56. The number of hydrogen-bond donors (Lipinski definition) is 3. The van der Waals surface area contributed by atoms with Crippen LogP contribution in [0.25, 0.3) is 0 Å². The number of halogens is 1. The first-order valence-corrected chi connectivity index (χ1v) is 24.8. The van der Waals surface area contributed by atoms with Gasteiger partial charge in [0.2, 0.25) is 5.79 Å². The summed E-state index contributed by atoms with van der Waals surface area (Å²) in [7, 11) is 4.69. The number of ether oxygens (including phenoxy) is 6. The summed E-state index contributed by atoms with van der Waals surface area (Å²) in [6, 6.07) is 4.27. The fourth-order valence-electron chi connectivity index (χ4n) is 10.8. The van der Waals surface area contributed by atoms with Crippen LogP contribution in [0.15, 0.2) is 41.5 Å². The molecule has 1 saturated carbocycles. The van der Waals surface area contributed by atoms with E-state index in [0.29, 0.717) is 67.5 Å². The lowest BCUT2D eigenvalue weighted by molar-refractivity contribution is -0.302. The average molecular weight is 961 g/mol. The van der Waals surface area contributed by atoms with E-state index in [1.54, 1.807) is 27.0 Å². The number of cyclic esters (lactones) is 1. The SMILES string of the molecule is CCC1C=C(C)CC(C)CC(OC)C2OC(O)(C(=O)C(=O)N3CCCCC3C(=O)OC(C(C)=CC3CCC(OCC(O)c4cc(C)cc(Cl)c4)C(OC)C3)C(C)C(O)CC1=O)C(C)CC2OC. The predicted octanol–water partition coefficient (Wildman–Crippen LogP) is 7.19. The first kappa shape index (κ1) is 54.9. The van der Waals surface area contributed by atoms with Crippen LogP contribution in [0.3, 0.4) is 0 Å². The van der Waals surface area contributed by atoms with Crippen LogP contribution in [0.5, 0.6) is 0 Å². The summed E-state index contributed by atoms with van der Waals surface area (Å²) in [5.41, 5.74) is 3.25. The fourth-order valence-corrected chi connectivity index (χ4v) is 11.1. The predicted molar refractivity (Wildman–Crippen MR) is 253 cm³/mol. The van der Waals surface area contributed by atoms with Crippen molar-refractivity contribution in [2.75, 3.05) is 34.5 Å². The van der Waals surface area contributed by atoms with Gasteiger partial charge < -0.3 is 48.6 Å². The van der Waals surface area contributed by atoms with E-state index < -0.39 is 83.9 Å². The van der Waals surface area contributed by atoms with Gasteiger partial charge in [-0.3, -0.25) is 14.4 Å². The zero-order valence-corrected chi connectivity index (χ0v) is 42.2. The first-order valence-electron chi connectivity index (χ1n) is 24.4. The summed E-state index contributed by atoms with van der Waals surface area (Å²) in [4.78, 5) is 58.4. The number of aliphatic hydroxyl groups is 3. The van der Waals surface area contributed by atoms with Crippen LogP contribution in [0.1, 0.15) is 129 Å². The molecule has 0 aromatic heterocycles. The van der Waals surface area contributed by atoms with Crippen LogP contribution in [0, 0.1) is 36.5 Å². The largest absolute Gasteiger partial charge is 0.456 e. The van der Waals surface area contributed by atoms with Crippen molar-refractivity contribution in [3.63, 3.8) is 0 Å². The molecule has 0 radical (unpaired) electrons. The molecule has 3 fully saturated rings. The van der Waals surface area contributed by atoms with Gasteiger partial charge in [-0.05, 0) is 126 Å². The Morgan fingerprint density at radius 2 is 1.61 bits per heavy atom. The zero-order chi connectivity index (χ0) is 49.3. The normalized spacial score (nSPS) is 36.4. The van der Waals surface area contributed by atoms with E-state index in [9.17, 15) is 34.5 Å². The van der Waals surface area contributed by atoms with Crippen molar-refractivity contribution in [2.45, 2.75) is 180 Å².